The molecule has 0 bridgehead atoms. The number of hydrogen-bond donors (Lipinski definition) is 2. The largest absolute Gasteiger partial charge is 0.503 e. The first-order valence-corrected chi connectivity index (χ1v) is 9.26. The molecule has 3 heterocycles. The fraction of sp³-hybridized carbons (Fsp3) is 0.350. The van der Waals surface area contributed by atoms with Crippen LogP contribution < -0.4 is 10.7 Å². The molecular weight excluding hydrogens is 381 g/mol. The molecule has 29 heavy (non-hydrogen) atoms. The van der Waals surface area contributed by atoms with Crippen LogP contribution in [-0.4, -0.2) is 45.3 Å². The van der Waals surface area contributed by atoms with Crippen molar-refractivity contribution >= 4 is 11.8 Å². The number of hydrogen-bond acceptors (Lipinski definition) is 5. The summed E-state index contributed by atoms with van der Waals surface area (Å²) in [5.41, 5.74) is -0.649. The number of fused-ring (bicyclic) bond motifs is 2. The normalized spacial score (nSPS) is 20.8. The molecule has 9 heteroatoms. The first-order valence-electron chi connectivity index (χ1n) is 9.26. The molecule has 2 aromatic rings. The zero-order valence-corrected chi connectivity index (χ0v) is 15.7. The molecule has 1 aromatic heterocycles. The number of rotatable bonds is 3. The second kappa shape index (κ2) is 7.32. The van der Waals surface area contributed by atoms with Gasteiger partial charge >= 0.3 is 0 Å². The van der Waals surface area contributed by atoms with Crippen LogP contribution in [-0.2, 0) is 17.8 Å². The van der Waals surface area contributed by atoms with Crippen LogP contribution in [0.2, 0.25) is 0 Å². The molecule has 1 saturated heterocycles. The highest BCUT2D eigenvalue weighted by molar-refractivity contribution is 5.99. The van der Waals surface area contributed by atoms with E-state index in [1.807, 2.05) is 6.92 Å². The lowest BCUT2D eigenvalue weighted by Gasteiger charge is -2.42. The van der Waals surface area contributed by atoms with Gasteiger partial charge in [-0.3, -0.25) is 14.4 Å². The summed E-state index contributed by atoms with van der Waals surface area (Å²) >= 11 is 0. The van der Waals surface area contributed by atoms with Crippen LogP contribution in [0.25, 0.3) is 0 Å². The predicted octanol–water partition coefficient (Wildman–Crippen LogP) is 1.21. The summed E-state index contributed by atoms with van der Waals surface area (Å²) < 4.78 is 19.9. The number of aromatic hydroxyl groups is 1. The van der Waals surface area contributed by atoms with Gasteiger partial charge in [0, 0.05) is 19.3 Å². The van der Waals surface area contributed by atoms with Crippen molar-refractivity contribution in [1.29, 1.82) is 0 Å². The Balaban J connectivity index is 1.61. The second-order valence-corrected chi connectivity index (χ2v) is 7.30. The molecule has 2 atom stereocenters. The zero-order valence-electron chi connectivity index (χ0n) is 15.7. The first-order chi connectivity index (χ1) is 13.8. The van der Waals surface area contributed by atoms with Gasteiger partial charge in [0.2, 0.25) is 5.43 Å². The SMILES string of the molecule is C[C@H]1C[C@@H]2Cn3cc(C(=O)NCc4ccc(F)cc4)c(=O)c(O)c3C(=O)N2CO1. The van der Waals surface area contributed by atoms with E-state index in [2.05, 4.69) is 5.32 Å². The number of ether oxygens (including phenoxy) is 1. The molecule has 0 unspecified atom stereocenters. The highest BCUT2D eigenvalue weighted by Crippen LogP contribution is 2.28. The van der Waals surface area contributed by atoms with Crippen molar-refractivity contribution in [3.63, 3.8) is 0 Å². The Hall–Kier alpha value is -3.20. The molecular formula is C20H20FN3O5. The summed E-state index contributed by atoms with van der Waals surface area (Å²) in [5, 5.41) is 12.9. The Labute approximate surface area is 165 Å². The van der Waals surface area contributed by atoms with Crippen molar-refractivity contribution in [1.82, 2.24) is 14.8 Å². The van der Waals surface area contributed by atoms with Crippen LogP contribution in [0, 0.1) is 5.82 Å². The van der Waals surface area contributed by atoms with Gasteiger partial charge < -0.3 is 24.6 Å². The molecule has 4 rings (SSSR count). The molecule has 8 nitrogen and oxygen atoms in total. The summed E-state index contributed by atoms with van der Waals surface area (Å²) in [7, 11) is 0. The van der Waals surface area contributed by atoms with Gasteiger partial charge in [-0.05, 0) is 31.0 Å². The lowest BCUT2D eigenvalue weighted by Crippen LogP contribution is -2.54. The topological polar surface area (TPSA) is 101 Å². The van der Waals surface area contributed by atoms with Crippen LogP contribution >= 0.6 is 0 Å². The number of amides is 2. The number of aromatic nitrogens is 1. The number of carbonyl (C=O) groups is 2. The van der Waals surface area contributed by atoms with Crippen molar-refractivity contribution in [2.24, 2.45) is 0 Å². The molecule has 0 aliphatic carbocycles. The Bertz CT molecular complexity index is 1030. The van der Waals surface area contributed by atoms with Gasteiger partial charge in [-0.25, -0.2) is 4.39 Å². The molecule has 1 fully saturated rings. The van der Waals surface area contributed by atoms with Crippen LogP contribution in [0.3, 0.4) is 0 Å². The van der Waals surface area contributed by atoms with Gasteiger partial charge in [0.15, 0.2) is 11.4 Å². The fourth-order valence-electron chi connectivity index (χ4n) is 3.71. The summed E-state index contributed by atoms with van der Waals surface area (Å²) in [5.74, 6) is -2.32. The van der Waals surface area contributed by atoms with E-state index in [-0.39, 0.29) is 42.5 Å². The fourth-order valence-corrected chi connectivity index (χ4v) is 3.71. The van der Waals surface area contributed by atoms with Crippen molar-refractivity contribution in [3.05, 3.63) is 63.3 Å². The van der Waals surface area contributed by atoms with E-state index in [1.165, 1.54) is 39.9 Å². The quantitative estimate of drug-likeness (QED) is 0.805. The molecule has 2 amide bonds. The zero-order chi connectivity index (χ0) is 20.7. The molecule has 1 aromatic carbocycles. The van der Waals surface area contributed by atoms with Crippen molar-refractivity contribution in [3.8, 4) is 5.75 Å². The monoisotopic (exact) mass is 401 g/mol. The number of halogens is 1. The summed E-state index contributed by atoms with van der Waals surface area (Å²) in [6, 6.07) is 5.44. The van der Waals surface area contributed by atoms with Crippen LogP contribution in [0.4, 0.5) is 4.39 Å². The van der Waals surface area contributed by atoms with E-state index in [9.17, 15) is 23.9 Å². The van der Waals surface area contributed by atoms with E-state index < -0.39 is 23.0 Å². The van der Waals surface area contributed by atoms with Crippen molar-refractivity contribution < 1.29 is 23.8 Å². The summed E-state index contributed by atoms with van der Waals surface area (Å²) in [4.78, 5) is 39.3. The molecule has 0 radical (unpaired) electrons. The standard InChI is InChI=1S/C20H20FN3O5/c1-11-6-14-8-23-9-15(19(27)22-7-12-2-4-13(21)5-3-12)17(25)18(26)16(23)20(28)24(14)10-29-11/h2-5,9,11,14,26H,6-8,10H2,1H3,(H,22,27)/t11-,14+/m0/s1. The maximum Gasteiger partial charge on any atom is 0.276 e. The van der Waals surface area contributed by atoms with Gasteiger partial charge in [0.05, 0.1) is 12.1 Å². The lowest BCUT2D eigenvalue weighted by molar-refractivity contribution is -0.0805. The third-order valence-corrected chi connectivity index (χ3v) is 5.28. The highest BCUT2D eigenvalue weighted by Gasteiger charge is 2.39. The minimum atomic E-state index is -0.911. The van der Waals surface area contributed by atoms with E-state index in [0.29, 0.717) is 18.5 Å². The Morgan fingerprint density at radius 2 is 2.03 bits per heavy atom. The number of nitrogens with zero attached hydrogens (tertiary/aromatic N) is 2. The molecule has 2 aliphatic rings. The third kappa shape index (κ3) is 3.49. The average molecular weight is 401 g/mol. The van der Waals surface area contributed by atoms with Crippen molar-refractivity contribution in [2.75, 3.05) is 6.73 Å². The first kappa shape index (κ1) is 19.1. The Morgan fingerprint density at radius 3 is 2.76 bits per heavy atom. The number of pyridine rings is 1. The average Bonchev–Trinajstić information content (AvgIpc) is 2.69. The minimum Gasteiger partial charge on any atom is -0.503 e. The van der Waals surface area contributed by atoms with Gasteiger partial charge in [-0.15, -0.1) is 0 Å². The van der Waals surface area contributed by atoms with Gasteiger partial charge in [0.1, 0.15) is 18.1 Å². The smallest absolute Gasteiger partial charge is 0.276 e. The molecule has 2 N–H and O–H groups in total. The number of nitrogens with one attached hydrogen (secondary N) is 1. The highest BCUT2D eigenvalue weighted by atomic mass is 19.1. The van der Waals surface area contributed by atoms with Crippen LogP contribution in [0.5, 0.6) is 5.75 Å². The second-order valence-electron chi connectivity index (χ2n) is 7.30. The maximum atomic E-state index is 13.0. The molecule has 152 valence electrons. The number of carbonyl (C=O) groups excluding carboxylic acids is 2. The maximum absolute atomic E-state index is 13.0. The van der Waals surface area contributed by atoms with E-state index in [0.717, 1.165) is 0 Å². The Morgan fingerprint density at radius 1 is 1.31 bits per heavy atom. The number of benzene rings is 1. The summed E-state index contributed by atoms with van der Waals surface area (Å²) in [6.07, 6.45) is 1.91. The van der Waals surface area contributed by atoms with Crippen LogP contribution in [0.15, 0.2) is 35.3 Å². The van der Waals surface area contributed by atoms with Crippen molar-refractivity contribution in [2.45, 2.75) is 38.6 Å². The van der Waals surface area contributed by atoms with E-state index >= 15 is 0 Å². The molecule has 0 spiro atoms. The summed E-state index contributed by atoms with van der Waals surface area (Å²) in [6.45, 7) is 2.44. The predicted molar refractivity (Wildman–Crippen MR) is 99.9 cm³/mol. The minimum absolute atomic E-state index is 0.0166. The van der Waals surface area contributed by atoms with E-state index in [1.54, 1.807) is 0 Å². The Kier molecular flexibility index (Phi) is 4.83. The van der Waals surface area contributed by atoms with E-state index in [4.69, 9.17) is 4.74 Å². The lowest BCUT2D eigenvalue weighted by atomic mass is 10.0. The van der Waals surface area contributed by atoms with Crippen LogP contribution in [0.1, 0.15) is 39.8 Å². The van der Waals surface area contributed by atoms with Gasteiger partial charge in [-0.1, -0.05) is 12.1 Å². The van der Waals surface area contributed by atoms with Gasteiger partial charge in [0.25, 0.3) is 11.8 Å². The molecule has 2 aliphatic heterocycles. The van der Waals surface area contributed by atoms with Gasteiger partial charge in [-0.2, -0.15) is 0 Å². The third-order valence-electron chi connectivity index (χ3n) is 5.28. The molecule has 0 saturated carbocycles.